The Balaban J connectivity index is 1.41. The summed E-state index contributed by atoms with van der Waals surface area (Å²) in [5.41, 5.74) is 1.61. The molecule has 3 aromatic rings. The summed E-state index contributed by atoms with van der Waals surface area (Å²) in [7, 11) is 1.42. The third-order valence-electron chi connectivity index (χ3n) is 7.68. The first-order valence-electron chi connectivity index (χ1n) is 16.1. The summed E-state index contributed by atoms with van der Waals surface area (Å²) < 4.78 is 10.8. The lowest BCUT2D eigenvalue weighted by atomic mass is 10.0. The van der Waals surface area contributed by atoms with E-state index in [1.807, 2.05) is 45.0 Å². The maximum absolute atomic E-state index is 13.7. The monoisotopic (exact) mass is 662 g/mol. The smallest absolute Gasteiger partial charge is 0.408 e. The summed E-state index contributed by atoms with van der Waals surface area (Å²) >= 11 is 0. The minimum Gasteiger partial charge on any atom is -0.507 e. The fourth-order valence-corrected chi connectivity index (χ4v) is 5.29. The number of amides is 3. The van der Waals surface area contributed by atoms with Gasteiger partial charge in [0.25, 0.3) is 5.91 Å². The number of piperazine rings is 1. The summed E-state index contributed by atoms with van der Waals surface area (Å²) in [5, 5.41) is 13.7. The second kappa shape index (κ2) is 15.3. The average molecular weight is 663 g/mol. The zero-order valence-electron chi connectivity index (χ0n) is 28.8. The number of aryl methyl sites for hydroxylation is 1. The van der Waals surface area contributed by atoms with Crippen LogP contribution in [0.25, 0.3) is 22.3 Å². The molecule has 1 aliphatic heterocycles. The number of carbonyl (C=O) groups excluding carboxylic acids is 4. The number of rotatable bonds is 10. The number of aromatic hydroxyl groups is 1. The normalized spacial score (nSPS) is 14.1. The summed E-state index contributed by atoms with van der Waals surface area (Å²) in [6, 6.07) is 12.9. The molecule has 1 aliphatic rings. The van der Waals surface area contributed by atoms with Crippen LogP contribution in [0.3, 0.4) is 0 Å². The molecule has 0 saturated carbocycles. The fourth-order valence-electron chi connectivity index (χ4n) is 5.29. The fraction of sp³-hybridized carbons (Fsp3) is 0.486. The van der Waals surface area contributed by atoms with E-state index < -0.39 is 29.7 Å². The Morgan fingerprint density at radius 1 is 1.02 bits per heavy atom. The standard InChI is InChI=1S/C35H46N6O7/c1-22(2)18-28(47-30(44)21-39(7)29(43)20-36-34(46)48-35(4,5)6)33(45)41-16-14-40(15-17-41)32-24-13-12-23(3)19-26(24)37-31(38-32)25-10-8-9-11-27(25)42/h8-13,19,22,28,42H,14-18,20-21H2,1-7H3,(H,36,46)/t28-/m1/s1. The largest absolute Gasteiger partial charge is 0.507 e. The lowest BCUT2D eigenvalue weighted by Gasteiger charge is -2.37. The van der Waals surface area contributed by atoms with Crippen LogP contribution in [0.2, 0.25) is 0 Å². The van der Waals surface area contributed by atoms with Crippen LogP contribution in [0, 0.1) is 12.8 Å². The molecule has 0 unspecified atom stereocenters. The van der Waals surface area contributed by atoms with Crippen LogP contribution >= 0.6 is 0 Å². The molecule has 0 bridgehead atoms. The van der Waals surface area contributed by atoms with E-state index in [2.05, 4.69) is 10.2 Å². The van der Waals surface area contributed by atoms with Gasteiger partial charge in [-0.1, -0.05) is 32.0 Å². The second-order valence-corrected chi connectivity index (χ2v) is 13.4. The number of alkyl carbamates (subject to hydrolysis) is 1. The number of nitrogens with one attached hydrogen (secondary N) is 1. The van der Waals surface area contributed by atoms with E-state index in [1.165, 1.54) is 7.05 Å². The highest BCUT2D eigenvalue weighted by atomic mass is 16.6. The van der Waals surface area contributed by atoms with Crippen molar-refractivity contribution in [3.05, 3.63) is 48.0 Å². The van der Waals surface area contributed by atoms with Crippen molar-refractivity contribution in [1.82, 2.24) is 25.1 Å². The van der Waals surface area contributed by atoms with Gasteiger partial charge >= 0.3 is 12.1 Å². The molecule has 13 nitrogen and oxygen atoms in total. The van der Waals surface area contributed by atoms with Crippen molar-refractivity contribution in [1.29, 1.82) is 0 Å². The van der Waals surface area contributed by atoms with E-state index in [0.717, 1.165) is 21.4 Å². The van der Waals surface area contributed by atoms with Crippen LogP contribution in [-0.4, -0.2) is 107 Å². The van der Waals surface area contributed by atoms with Crippen molar-refractivity contribution in [2.75, 3.05) is 51.2 Å². The number of phenols is 1. The molecule has 3 amide bonds. The molecule has 2 heterocycles. The van der Waals surface area contributed by atoms with E-state index in [1.54, 1.807) is 43.9 Å². The summed E-state index contributed by atoms with van der Waals surface area (Å²) in [6.45, 7) is 12.0. The predicted molar refractivity (Wildman–Crippen MR) is 181 cm³/mol. The maximum atomic E-state index is 13.7. The molecule has 1 saturated heterocycles. The molecule has 2 aromatic carbocycles. The quantitative estimate of drug-likeness (QED) is 0.306. The summed E-state index contributed by atoms with van der Waals surface area (Å²) in [4.78, 5) is 65.5. The van der Waals surface area contributed by atoms with Crippen molar-refractivity contribution in [3.8, 4) is 17.1 Å². The van der Waals surface area contributed by atoms with Crippen molar-refractivity contribution in [2.45, 2.75) is 59.7 Å². The lowest BCUT2D eigenvalue weighted by Crippen LogP contribution is -2.53. The van der Waals surface area contributed by atoms with Crippen molar-refractivity contribution in [2.24, 2.45) is 5.92 Å². The topological polar surface area (TPSA) is 154 Å². The summed E-state index contributed by atoms with van der Waals surface area (Å²) in [6.07, 6.45) is -1.43. The highest BCUT2D eigenvalue weighted by molar-refractivity contribution is 5.92. The molecule has 13 heteroatoms. The Kier molecular flexibility index (Phi) is 11.5. The molecule has 0 aliphatic carbocycles. The first kappa shape index (κ1) is 35.9. The van der Waals surface area contributed by atoms with Crippen LogP contribution < -0.4 is 10.2 Å². The Labute approximate surface area is 281 Å². The number of phenolic OH excluding ortho intramolecular Hbond substituents is 1. The summed E-state index contributed by atoms with van der Waals surface area (Å²) in [5.74, 6) is -0.259. The molecule has 4 rings (SSSR count). The van der Waals surface area contributed by atoms with Crippen LogP contribution in [0.4, 0.5) is 10.6 Å². The second-order valence-electron chi connectivity index (χ2n) is 13.4. The van der Waals surface area contributed by atoms with Crippen molar-refractivity contribution in [3.63, 3.8) is 0 Å². The minimum absolute atomic E-state index is 0.0640. The Hall–Kier alpha value is -4.94. The molecule has 0 spiro atoms. The van der Waals surface area contributed by atoms with Crippen molar-refractivity contribution >= 4 is 40.6 Å². The number of aromatic nitrogens is 2. The van der Waals surface area contributed by atoms with Crippen LogP contribution in [0.5, 0.6) is 5.75 Å². The minimum atomic E-state index is -1.01. The number of esters is 1. The maximum Gasteiger partial charge on any atom is 0.408 e. The number of hydrogen-bond acceptors (Lipinski definition) is 10. The number of ether oxygens (including phenoxy) is 2. The zero-order valence-corrected chi connectivity index (χ0v) is 28.8. The van der Waals surface area contributed by atoms with Gasteiger partial charge in [0, 0.05) is 38.6 Å². The Bertz CT molecular complexity index is 1650. The van der Waals surface area contributed by atoms with E-state index in [9.17, 15) is 24.3 Å². The van der Waals surface area contributed by atoms with E-state index in [4.69, 9.17) is 19.4 Å². The molecular weight excluding hydrogens is 616 g/mol. The third-order valence-corrected chi connectivity index (χ3v) is 7.68. The van der Waals surface area contributed by atoms with Gasteiger partial charge in [0.1, 0.15) is 30.3 Å². The Morgan fingerprint density at radius 3 is 2.35 bits per heavy atom. The molecule has 2 N–H and O–H groups in total. The molecule has 1 fully saturated rings. The SMILES string of the molecule is Cc1ccc2c(N3CCN(C(=O)[C@@H](CC(C)C)OC(=O)CN(C)C(=O)CNC(=O)OC(C)(C)C)CC3)nc(-c3ccccc3O)nc2c1. The number of nitrogens with zero attached hydrogens (tertiary/aromatic N) is 5. The van der Waals surface area contributed by atoms with Gasteiger partial charge in [0.05, 0.1) is 11.1 Å². The van der Waals surface area contributed by atoms with E-state index >= 15 is 0 Å². The molecule has 0 radical (unpaired) electrons. The number of hydrogen-bond donors (Lipinski definition) is 2. The van der Waals surface area contributed by atoms with Crippen LogP contribution in [0.1, 0.15) is 46.6 Å². The molecular formula is C35H46N6O7. The first-order valence-corrected chi connectivity index (χ1v) is 16.1. The van der Waals surface area contributed by atoms with Crippen LogP contribution in [-0.2, 0) is 23.9 Å². The molecule has 258 valence electrons. The van der Waals surface area contributed by atoms with Gasteiger partial charge in [0.2, 0.25) is 5.91 Å². The van der Waals surface area contributed by atoms with Gasteiger partial charge in [-0.15, -0.1) is 0 Å². The number of fused-ring (bicyclic) bond motifs is 1. The number of para-hydroxylation sites is 1. The highest BCUT2D eigenvalue weighted by Gasteiger charge is 2.32. The number of benzene rings is 2. The van der Waals surface area contributed by atoms with Gasteiger partial charge in [-0.3, -0.25) is 14.4 Å². The zero-order chi connectivity index (χ0) is 35.2. The van der Waals surface area contributed by atoms with Gasteiger partial charge < -0.3 is 34.6 Å². The Morgan fingerprint density at radius 2 is 1.71 bits per heavy atom. The van der Waals surface area contributed by atoms with Gasteiger partial charge in [-0.2, -0.15) is 0 Å². The van der Waals surface area contributed by atoms with Crippen LogP contribution in [0.15, 0.2) is 42.5 Å². The lowest BCUT2D eigenvalue weighted by molar-refractivity contribution is -0.163. The third kappa shape index (κ3) is 9.55. The highest BCUT2D eigenvalue weighted by Crippen LogP contribution is 2.32. The molecule has 48 heavy (non-hydrogen) atoms. The number of likely N-dealkylation sites (N-methyl/N-ethyl adjacent to an activating group) is 1. The molecule has 1 aromatic heterocycles. The predicted octanol–water partition coefficient (Wildman–Crippen LogP) is 3.90. The number of carbonyl (C=O) groups is 4. The van der Waals surface area contributed by atoms with Crippen molar-refractivity contribution < 1.29 is 33.8 Å². The average Bonchev–Trinajstić information content (AvgIpc) is 3.01. The van der Waals surface area contributed by atoms with E-state index in [0.29, 0.717) is 49.8 Å². The van der Waals surface area contributed by atoms with E-state index in [-0.39, 0.29) is 30.7 Å². The van der Waals surface area contributed by atoms with Gasteiger partial charge in [-0.25, -0.2) is 14.8 Å². The first-order chi connectivity index (χ1) is 22.6. The number of anilines is 1. The molecule has 1 atom stereocenters. The van der Waals surface area contributed by atoms with Gasteiger partial charge in [-0.05, 0) is 69.9 Å². The van der Waals surface area contributed by atoms with Gasteiger partial charge in [0.15, 0.2) is 11.9 Å².